The van der Waals surface area contributed by atoms with Gasteiger partial charge in [-0.1, -0.05) is 18.5 Å². The molecule has 96 valence electrons. The lowest BCUT2D eigenvalue weighted by molar-refractivity contribution is 0.270. The standard InChI is InChI=1S/C13H20ClNOS/c1-2-8-15-12(7-9-16)10-17-13-5-3-11(14)4-6-13/h3-6,12,15-16H,2,7-10H2,1H3. The second-order valence-corrected chi connectivity index (χ2v) is 5.46. The Hall–Kier alpha value is -0.220. The summed E-state index contributed by atoms with van der Waals surface area (Å²) in [7, 11) is 0. The maximum atomic E-state index is 9.00. The van der Waals surface area contributed by atoms with Gasteiger partial charge in [0.1, 0.15) is 0 Å². The fraction of sp³-hybridized carbons (Fsp3) is 0.538. The summed E-state index contributed by atoms with van der Waals surface area (Å²) < 4.78 is 0. The number of hydrogen-bond acceptors (Lipinski definition) is 3. The summed E-state index contributed by atoms with van der Waals surface area (Å²) in [6.45, 7) is 3.39. The van der Waals surface area contributed by atoms with E-state index in [0.717, 1.165) is 30.2 Å². The molecule has 1 unspecified atom stereocenters. The second kappa shape index (κ2) is 8.81. The van der Waals surface area contributed by atoms with Crippen LogP contribution in [0, 0.1) is 0 Å². The number of nitrogens with one attached hydrogen (secondary N) is 1. The minimum atomic E-state index is 0.239. The summed E-state index contributed by atoms with van der Waals surface area (Å²) >= 11 is 7.63. The predicted molar refractivity (Wildman–Crippen MR) is 76.0 cm³/mol. The van der Waals surface area contributed by atoms with Crippen LogP contribution in [0.3, 0.4) is 0 Å². The van der Waals surface area contributed by atoms with Crippen molar-refractivity contribution in [3.8, 4) is 0 Å². The molecule has 0 saturated carbocycles. The molecule has 1 atom stereocenters. The molecule has 0 aromatic heterocycles. The van der Waals surface area contributed by atoms with Crippen LogP contribution in [0.5, 0.6) is 0 Å². The first kappa shape index (κ1) is 14.8. The normalized spacial score (nSPS) is 12.6. The molecule has 0 radical (unpaired) electrons. The van der Waals surface area contributed by atoms with Gasteiger partial charge in [-0.15, -0.1) is 11.8 Å². The molecule has 0 aliphatic carbocycles. The average molecular weight is 274 g/mol. The Balaban J connectivity index is 2.37. The average Bonchev–Trinajstić information content (AvgIpc) is 2.35. The van der Waals surface area contributed by atoms with Gasteiger partial charge in [0, 0.05) is 28.3 Å². The highest BCUT2D eigenvalue weighted by Gasteiger charge is 2.07. The van der Waals surface area contributed by atoms with Crippen LogP contribution >= 0.6 is 23.4 Å². The fourth-order valence-corrected chi connectivity index (χ4v) is 2.61. The van der Waals surface area contributed by atoms with Gasteiger partial charge in [0.2, 0.25) is 0 Å². The van der Waals surface area contributed by atoms with E-state index in [1.165, 1.54) is 4.90 Å². The predicted octanol–water partition coefficient (Wildman–Crippen LogP) is 3.18. The Kier molecular flexibility index (Phi) is 7.69. The molecule has 0 fully saturated rings. The number of rotatable bonds is 8. The van der Waals surface area contributed by atoms with Gasteiger partial charge in [-0.3, -0.25) is 0 Å². The molecule has 2 N–H and O–H groups in total. The molecule has 1 aromatic rings. The molecule has 17 heavy (non-hydrogen) atoms. The third-order valence-corrected chi connectivity index (χ3v) is 3.85. The molecular formula is C13H20ClNOS. The molecule has 0 aliphatic heterocycles. The van der Waals surface area contributed by atoms with E-state index < -0.39 is 0 Å². The van der Waals surface area contributed by atoms with Crippen molar-refractivity contribution >= 4 is 23.4 Å². The summed E-state index contributed by atoms with van der Waals surface area (Å²) in [5.74, 6) is 0.974. The Morgan fingerprint density at radius 3 is 2.65 bits per heavy atom. The van der Waals surface area contributed by atoms with Gasteiger partial charge in [0.15, 0.2) is 0 Å². The van der Waals surface area contributed by atoms with E-state index in [4.69, 9.17) is 16.7 Å². The first-order valence-corrected chi connectivity index (χ1v) is 7.35. The van der Waals surface area contributed by atoms with Gasteiger partial charge >= 0.3 is 0 Å². The van der Waals surface area contributed by atoms with Gasteiger partial charge < -0.3 is 10.4 Å². The van der Waals surface area contributed by atoms with E-state index in [2.05, 4.69) is 12.2 Å². The van der Waals surface area contributed by atoms with Crippen LogP contribution in [0.1, 0.15) is 19.8 Å². The van der Waals surface area contributed by atoms with Crippen LogP contribution in [0.2, 0.25) is 5.02 Å². The number of hydrogen-bond donors (Lipinski definition) is 2. The SMILES string of the molecule is CCCNC(CCO)CSc1ccc(Cl)cc1. The Bertz CT molecular complexity index is 305. The molecule has 0 amide bonds. The zero-order chi connectivity index (χ0) is 12.5. The molecule has 0 heterocycles. The molecule has 4 heteroatoms. The lowest BCUT2D eigenvalue weighted by Gasteiger charge is -2.16. The van der Waals surface area contributed by atoms with Crippen molar-refractivity contribution in [1.29, 1.82) is 0 Å². The van der Waals surface area contributed by atoms with Crippen molar-refractivity contribution in [2.24, 2.45) is 0 Å². The molecule has 0 saturated heterocycles. The minimum absolute atomic E-state index is 0.239. The lowest BCUT2D eigenvalue weighted by atomic mass is 10.2. The number of benzene rings is 1. The second-order valence-electron chi connectivity index (χ2n) is 3.93. The van der Waals surface area contributed by atoms with Gasteiger partial charge in [-0.25, -0.2) is 0 Å². The number of halogens is 1. The smallest absolute Gasteiger partial charge is 0.0446 e. The van der Waals surface area contributed by atoms with Crippen molar-refractivity contribution in [3.63, 3.8) is 0 Å². The van der Waals surface area contributed by atoms with Crippen molar-refractivity contribution in [1.82, 2.24) is 5.32 Å². The van der Waals surface area contributed by atoms with Crippen molar-refractivity contribution < 1.29 is 5.11 Å². The van der Waals surface area contributed by atoms with Crippen LogP contribution in [0.25, 0.3) is 0 Å². The largest absolute Gasteiger partial charge is 0.396 e. The van der Waals surface area contributed by atoms with Crippen molar-refractivity contribution in [2.45, 2.75) is 30.7 Å². The van der Waals surface area contributed by atoms with Crippen LogP contribution in [0.15, 0.2) is 29.2 Å². The van der Waals surface area contributed by atoms with Crippen LogP contribution in [0.4, 0.5) is 0 Å². The molecule has 2 nitrogen and oxygen atoms in total. The van der Waals surface area contributed by atoms with Crippen molar-refractivity contribution in [2.75, 3.05) is 18.9 Å². The monoisotopic (exact) mass is 273 g/mol. The highest BCUT2D eigenvalue weighted by Crippen LogP contribution is 2.21. The van der Waals surface area contributed by atoms with Gasteiger partial charge in [-0.05, 0) is 43.7 Å². The summed E-state index contributed by atoms with van der Waals surface area (Å²) in [6.07, 6.45) is 1.92. The topological polar surface area (TPSA) is 32.3 Å². The van der Waals surface area contributed by atoms with E-state index >= 15 is 0 Å². The highest BCUT2D eigenvalue weighted by atomic mass is 35.5. The number of thioether (sulfide) groups is 1. The van der Waals surface area contributed by atoms with Crippen LogP contribution in [-0.2, 0) is 0 Å². The summed E-state index contributed by atoms with van der Waals surface area (Å²) in [5.41, 5.74) is 0. The summed E-state index contributed by atoms with van der Waals surface area (Å²) in [4.78, 5) is 1.22. The zero-order valence-corrected chi connectivity index (χ0v) is 11.7. The van der Waals surface area contributed by atoms with E-state index in [0.29, 0.717) is 6.04 Å². The third kappa shape index (κ3) is 6.32. The maximum absolute atomic E-state index is 9.00. The molecule has 1 rings (SSSR count). The summed E-state index contributed by atoms with van der Waals surface area (Å²) in [5, 5.41) is 13.2. The Labute approximate surface area is 113 Å². The highest BCUT2D eigenvalue weighted by molar-refractivity contribution is 7.99. The first-order chi connectivity index (χ1) is 8.26. The molecule has 0 bridgehead atoms. The van der Waals surface area contributed by atoms with Crippen LogP contribution in [-0.4, -0.2) is 30.1 Å². The lowest BCUT2D eigenvalue weighted by Crippen LogP contribution is -2.32. The fourth-order valence-electron chi connectivity index (χ4n) is 1.48. The zero-order valence-electron chi connectivity index (χ0n) is 10.2. The van der Waals surface area contributed by atoms with E-state index in [1.807, 2.05) is 24.3 Å². The minimum Gasteiger partial charge on any atom is -0.396 e. The van der Waals surface area contributed by atoms with E-state index in [1.54, 1.807) is 11.8 Å². The molecular weight excluding hydrogens is 254 g/mol. The van der Waals surface area contributed by atoms with Crippen LogP contribution < -0.4 is 5.32 Å². The molecule has 0 aliphatic rings. The van der Waals surface area contributed by atoms with Crippen molar-refractivity contribution in [3.05, 3.63) is 29.3 Å². The van der Waals surface area contributed by atoms with Gasteiger partial charge in [-0.2, -0.15) is 0 Å². The van der Waals surface area contributed by atoms with Gasteiger partial charge in [0.05, 0.1) is 0 Å². The van der Waals surface area contributed by atoms with E-state index in [-0.39, 0.29) is 6.61 Å². The number of aliphatic hydroxyl groups excluding tert-OH is 1. The number of aliphatic hydroxyl groups is 1. The first-order valence-electron chi connectivity index (χ1n) is 5.99. The van der Waals surface area contributed by atoms with Gasteiger partial charge in [0.25, 0.3) is 0 Å². The Morgan fingerprint density at radius 2 is 2.06 bits per heavy atom. The van der Waals surface area contributed by atoms with E-state index in [9.17, 15) is 0 Å². The quantitative estimate of drug-likeness (QED) is 0.714. The third-order valence-electron chi connectivity index (χ3n) is 2.43. The molecule has 0 spiro atoms. The maximum Gasteiger partial charge on any atom is 0.0446 e. The Morgan fingerprint density at radius 1 is 1.35 bits per heavy atom. The molecule has 1 aromatic carbocycles. The summed E-state index contributed by atoms with van der Waals surface area (Å²) in [6, 6.07) is 8.25.